The van der Waals surface area contributed by atoms with Crippen LogP contribution in [0.25, 0.3) is 0 Å². The summed E-state index contributed by atoms with van der Waals surface area (Å²) in [4.78, 5) is 13.4. The van der Waals surface area contributed by atoms with E-state index in [9.17, 15) is 4.79 Å². The van der Waals surface area contributed by atoms with Gasteiger partial charge in [0.1, 0.15) is 5.70 Å². The van der Waals surface area contributed by atoms with E-state index in [0.717, 1.165) is 0 Å². The molecule has 98 valence electrons. The Morgan fingerprint density at radius 3 is 2.61 bits per heavy atom. The van der Waals surface area contributed by atoms with Crippen LogP contribution in [-0.4, -0.2) is 24.1 Å². The maximum absolute atomic E-state index is 11.5. The summed E-state index contributed by atoms with van der Waals surface area (Å²) in [5, 5.41) is 0. The van der Waals surface area contributed by atoms with Gasteiger partial charge >= 0.3 is 5.97 Å². The predicted octanol–water partition coefficient (Wildman–Crippen LogP) is 1.87. The van der Waals surface area contributed by atoms with Crippen molar-refractivity contribution in [2.24, 2.45) is 5.73 Å². The van der Waals surface area contributed by atoms with Crippen molar-refractivity contribution in [1.29, 1.82) is 0 Å². The molecule has 0 aromatic heterocycles. The van der Waals surface area contributed by atoms with E-state index in [1.165, 1.54) is 11.6 Å². The minimum Gasteiger partial charge on any atom is -0.442 e. The molecule has 0 unspecified atom stereocenters. The zero-order valence-electron chi connectivity index (χ0n) is 11.1. The summed E-state index contributed by atoms with van der Waals surface area (Å²) in [6.45, 7) is 4.24. The average Bonchev–Trinajstić information content (AvgIpc) is 2.38. The number of carbonyl (C=O) groups is 1. The maximum atomic E-state index is 11.5. The van der Waals surface area contributed by atoms with Crippen molar-refractivity contribution in [3.05, 3.63) is 47.7 Å². The van der Waals surface area contributed by atoms with Crippen molar-refractivity contribution in [1.82, 2.24) is 4.90 Å². The molecule has 1 aromatic rings. The van der Waals surface area contributed by atoms with Crippen molar-refractivity contribution in [3.8, 4) is 0 Å². The monoisotopic (exact) mass is 248 g/mol. The first-order chi connectivity index (χ1) is 8.54. The molecule has 0 saturated carbocycles. The van der Waals surface area contributed by atoms with E-state index >= 15 is 0 Å². The van der Waals surface area contributed by atoms with Gasteiger partial charge in [0.25, 0.3) is 0 Å². The summed E-state index contributed by atoms with van der Waals surface area (Å²) in [7, 11) is 1.90. The van der Waals surface area contributed by atoms with Gasteiger partial charge in [-0.2, -0.15) is 0 Å². The third kappa shape index (κ3) is 4.22. The third-order valence-corrected chi connectivity index (χ3v) is 2.72. The van der Waals surface area contributed by atoms with E-state index in [0.29, 0.717) is 6.54 Å². The highest BCUT2D eigenvalue weighted by molar-refractivity contribution is 5.87. The Labute approximate surface area is 108 Å². The number of nitrogens with zero attached hydrogens (tertiary/aromatic N) is 1. The lowest BCUT2D eigenvalue weighted by Crippen LogP contribution is -2.34. The van der Waals surface area contributed by atoms with Crippen molar-refractivity contribution in [2.75, 3.05) is 7.05 Å². The van der Waals surface area contributed by atoms with Crippen molar-refractivity contribution in [2.45, 2.75) is 26.6 Å². The quantitative estimate of drug-likeness (QED) is 0.491. The van der Waals surface area contributed by atoms with Gasteiger partial charge in [-0.3, -0.25) is 4.90 Å². The smallest absolute Gasteiger partial charge is 0.355 e. The standard InChI is InChI=1S/C14H20N2O2/c1-4-13(15)14(17)18-11(2)16(3)10-12-8-6-5-7-9-12/h4-9,11H,10,15H2,1-3H3/b13-4-/t11-/m0/s1. The van der Waals surface area contributed by atoms with E-state index in [-0.39, 0.29) is 11.9 Å². The Morgan fingerprint density at radius 2 is 2.06 bits per heavy atom. The highest BCUT2D eigenvalue weighted by Crippen LogP contribution is 2.07. The molecule has 0 aliphatic heterocycles. The minimum atomic E-state index is -0.482. The largest absolute Gasteiger partial charge is 0.442 e. The Kier molecular flexibility index (Phi) is 5.39. The molecule has 0 amide bonds. The second kappa shape index (κ2) is 6.81. The summed E-state index contributed by atoms with van der Waals surface area (Å²) in [6, 6.07) is 10.0. The molecule has 4 nitrogen and oxygen atoms in total. The molecule has 0 bridgehead atoms. The number of hydrogen-bond donors (Lipinski definition) is 1. The zero-order chi connectivity index (χ0) is 13.5. The Balaban J connectivity index is 2.52. The lowest BCUT2D eigenvalue weighted by molar-refractivity contribution is -0.152. The average molecular weight is 248 g/mol. The second-order valence-corrected chi connectivity index (χ2v) is 4.15. The SMILES string of the molecule is C/C=C(\N)C(=O)O[C@@H](C)N(C)Cc1ccccc1. The minimum absolute atomic E-state index is 0.134. The van der Waals surface area contributed by atoms with Crippen LogP contribution in [-0.2, 0) is 16.1 Å². The first-order valence-corrected chi connectivity index (χ1v) is 5.91. The molecule has 0 fully saturated rings. The highest BCUT2D eigenvalue weighted by atomic mass is 16.6. The molecule has 0 radical (unpaired) electrons. The van der Waals surface area contributed by atoms with Gasteiger partial charge in [-0.15, -0.1) is 0 Å². The normalized spacial score (nSPS) is 13.4. The third-order valence-electron chi connectivity index (χ3n) is 2.72. The molecular formula is C14H20N2O2. The first-order valence-electron chi connectivity index (χ1n) is 5.91. The topological polar surface area (TPSA) is 55.6 Å². The Bertz CT molecular complexity index is 415. The first kappa shape index (κ1) is 14.3. The van der Waals surface area contributed by atoms with Crippen LogP contribution in [0.2, 0.25) is 0 Å². The number of ether oxygens (including phenoxy) is 1. The van der Waals surface area contributed by atoms with Gasteiger partial charge < -0.3 is 10.5 Å². The molecule has 1 aromatic carbocycles. The fourth-order valence-electron chi connectivity index (χ4n) is 1.43. The number of rotatable bonds is 5. The van der Waals surface area contributed by atoms with Crippen LogP contribution in [0.5, 0.6) is 0 Å². The molecular weight excluding hydrogens is 228 g/mol. The van der Waals surface area contributed by atoms with Crippen LogP contribution in [0.15, 0.2) is 42.1 Å². The van der Waals surface area contributed by atoms with Crippen LogP contribution < -0.4 is 5.73 Å². The van der Waals surface area contributed by atoms with Crippen LogP contribution in [0.4, 0.5) is 0 Å². The molecule has 0 aliphatic carbocycles. The number of benzene rings is 1. The van der Waals surface area contributed by atoms with E-state index < -0.39 is 5.97 Å². The lowest BCUT2D eigenvalue weighted by atomic mass is 10.2. The number of nitrogens with two attached hydrogens (primary N) is 1. The summed E-state index contributed by atoms with van der Waals surface area (Å²) in [6.07, 6.45) is 1.21. The summed E-state index contributed by atoms with van der Waals surface area (Å²) >= 11 is 0. The molecule has 18 heavy (non-hydrogen) atoms. The van der Waals surface area contributed by atoms with E-state index in [4.69, 9.17) is 10.5 Å². The number of allylic oxidation sites excluding steroid dienone is 1. The lowest BCUT2D eigenvalue weighted by Gasteiger charge is -2.24. The molecule has 0 saturated heterocycles. The van der Waals surface area contributed by atoms with Gasteiger partial charge in [-0.05, 0) is 26.5 Å². The van der Waals surface area contributed by atoms with Crippen LogP contribution in [0, 0.1) is 0 Å². The number of esters is 1. The summed E-state index contributed by atoms with van der Waals surface area (Å²) in [5.74, 6) is -0.482. The molecule has 4 heteroatoms. The molecule has 1 atom stereocenters. The van der Waals surface area contributed by atoms with Gasteiger partial charge in [-0.25, -0.2) is 4.79 Å². The van der Waals surface area contributed by atoms with Crippen molar-refractivity contribution < 1.29 is 9.53 Å². The van der Waals surface area contributed by atoms with Crippen LogP contribution in [0.3, 0.4) is 0 Å². The molecule has 1 rings (SSSR count). The molecule has 2 N–H and O–H groups in total. The number of carbonyl (C=O) groups excluding carboxylic acids is 1. The second-order valence-electron chi connectivity index (χ2n) is 4.15. The molecule has 0 spiro atoms. The van der Waals surface area contributed by atoms with Gasteiger partial charge in [0.15, 0.2) is 6.23 Å². The summed E-state index contributed by atoms with van der Waals surface area (Å²) in [5.41, 5.74) is 6.79. The maximum Gasteiger partial charge on any atom is 0.355 e. The van der Waals surface area contributed by atoms with Gasteiger partial charge in [0.05, 0.1) is 0 Å². The van der Waals surface area contributed by atoms with E-state index in [2.05, 4.69) is 0 Å². The van der Waals surface area contributed by atoms with Crippen LogP contribution in [0.1, 0.15) is 19.4 Å². The summed E-state index contributed by atoms with van der Waals surface area (Å²) < 4.78 is 5.23. The number of hydrogen-bond acceptors (Lipinski definition) is 4. The van der Waals surface area contributed by atoms with Gasteiger partial charge in [0.2, 0.25) is 0 Å². The molecule has 0 aliphatic rings. The Hall–Kier alpha value is -1.81. The van der Waals surface area contributed by atoms with Crippen LogP contribution >= 0.6 is 0 Å². The van der Waals surface area contributed by atoms with E-state index in [1.54, 1.807) is 6.92 Å². The van der Waals surface area contributed by atoms with E-state index in [1.807, 2.05) is 49.2 Å². The zero-order valence-corrected chi connectivity index (χ0v) is 11.1. The predicted molar refractivity (Wildman–Crippen MR) is 71.4 cm³/mol. The Morgan fingerprint density at radius 1 is 1.44 bits per heavy atom. The van der Waals surface area contributed by atoms with Gasteiger partial charge in [-0.1, -0.05) is 36.4 Å². The fourth-order valence-corrected chi connectivity index (χ4v) is 1.43. The fraction of sp³-hybridized carbons (Fsp3) is 0.357. The molecule has 0 heterocycles. The van der Waals surface area contributed by atoms with Crippen molar-refractivity contribution >= 4 is 5.97 Å². The van der Waals surface area contributed by atoms with Crippen molar-refractivity contribution in [3.63, 3.8) is 0 Å². The highest BCUT2D eigenvalue weighted by Gasteiger charge is 2.15. The van der Waals surface area contributed by atoms with Gasteiger partial charge in [0, 0.05) is 6.54 Å².